The normalized spacial score (nSPS) is 11.4. The zero-order valence-corrected chi connectivity index (χ0v) is 24.4. The number of hydrogen-bond acceptors (Lipinski definition) is 9. The van der Waals surface area contributed by atoms with Crippen molar-refractivity contribution in [3.05, 3.63) is 100 Å². The average Bonchev–Trinajstić information content (AvgIpc) is 3.35. The van der Waals surface area contributed by atoms with Crippen LogP contribution in [0.5, 0.6) is 0 Å². The molecule has 0 saturated carbocycles. The highest BCUT2D eigenvalue weighted by Gasteiger charge is 2.25. The van der Waals surface area contributed by atoms with Crippen LogP contribution in [0.4, 0.5) is 5.00 Å². The molecule has 1 amide bonds. The van der Waals surface area contributed by atoms with Crippen LogP contribution in [0.2, 0.25) is 0 Å². The molecule has 214 valence electrons. The number of carbonyl (C=O) groups excluding carboxylic acids is 3. The molecule has 1 unspecified atom stereocenters. The molecule has 0 aliphatic heterocycles. The fraction of sp³-hybridized carbons (Fsp3) is 0.152. The van der Waals surface area contributed by atoms with Gasteiger partial charge in [0.25, 0.3) is 5.91 Å². The second kappa shape index (κ2) is 12.6. The highest BCUT2D eigenvalue weighted by Crippen LogP contribution is 2.34. The molecule has 5 rings (SSSR count). The first kappa shape index (κ1) is 29.1. The summed E-state index contributed by atoms with van der Waals surface area (Å²) in [5.41, 5.74) is 5.01. The first-order valence-electron chi connectivity index (χ1n) is 13.5. The Kier molecular flexibility index (Phi) is 8.55. The van der Waals surface area contributed by atoms with E-state index in [1.165, 1.54) is 6.92 Å². The van der Waals surface area contributed by atoms with Crippen molar-refractivity contribution in [1.29, 1.82) is 5.26 Å². The Morgan fingerprint density at radius 3 is 2.09 bits per heavy atom. The van der Waals surface area contributed by atoms with Gasteiger partial charge in [-0.1, -0.05) is 60.7 Å². The molecule has 1 N–H and O–H groups in total. The molecule has 0 fully saturated rings. The molecule has 43 heavy (non-hydrogen) atoms. The predicted octanol–water partition coefficient (Wildman–Crippen LogP) is 6.57. The Balaban J connectivity index is 1.39. The standard InChI is InChI=1S/C33H26N4O5S/c1-4-41-33(40)29-19(2)24(18-34)31(43-29)37-30(38)20(3)42-32(39)23-15-16-25-26(17-23)36-28(22-13-9-6-10-14-22)27(35-25)21-11-7-5-8-12-21/h5-17,20H,4H2,1-3H3,(H,37,38). The van der Waals surface area contributed by atoms with Gasteiger partial charge in [-0.3, -0.25) is 4.79 Å². The fourth-order valence-electron chi connectivity index (χ4n) is 4.40. The third-order valence-corrected chi connectivity index (χ3v) is 7.79. The van der Waals surface area contributed by atoms with Crippen molar-refractivity contribution in [3.8, 4) is 28.6 Å². The maximum Gasteiger partial charge on any atom is 0.348 e. The highest BCUT2D eigenvalue weighted by atomic mass is 32.1. The SMILES string of the molecule is CCOC(=O)c1sc(NC(=O)C(C)OC(=O)c2ccc3nc(-c4ccccc4)c(-c4ccccc4)nc3c2)c(C#N)c1C. The minimum absolute atomic E-state index is 0.150. The van der Waals surface area contributed by atoms with Crippen molar-refractivity contribution >= 4 is 45.2 Å². The number of nitriles is 1. The van der Waals surface area contributed by atoms with Gasteiger partial charge in [-0.25, -0.2) is 19.6 Å². The molecule has 9 nitrogen and oxygen atoms in total. The number of nitrogens with zero attached hydrogens (tertiary/aromatic N) is 3. The number of ether oxygens (including phenoxy) is 2. The smallest absolute Gasteiger partial charge is 0.348 e. The number of fused-ring (bicyclic) bond motifs is 1. The van der Waals surface area contributed by atoms with Crippen LogP contribution in [0, 0.1) is 18.3 Å². The number of esters is 2. The maximum atomic E-state index is 13.1. The first-order chi connectivity index (χ1) is 20.8. The largest absolute Gasteiger partial charge is 0.462 e. The van der Waals surface area contributed by atoms with Crippen LogP contribution in [0.3, 0.4) is 0 Å². The summed E-state index contributed by atoms with van der Waals surface area (Å²) in [6.45, 7) is 4.88. The van der Waals surface area contributed by atoms with E-state index in [9.17, 15) is 19.6 Å². The van der Waals surface area contributed by atoms with E-state index in [1.54, 1.807) is 32.0 Å². The summed E-state index contributed by atoms with van der Waals surface area (Å²) < 4.78 is 10.5. The predicted molar refractivity (Wildman–Crippen MR) is 164 cm³/mol. The van der Waals surface area contributed by atoms with Gasteiger partial charge in [-0.05, 0) is 44.5 Å². The van der Waals surface area contributed by atoms with E-state index in [2.05, 4.69) is 5.32 Å². The molecule has 0 spiro atoms. The van der Waals surface area contributed by atoms with E-state index in [1.807, 2.05) is 66.7 Å². The second-order valence-electron chi connectivity index (χ2n) is 9.49. The lowest BCUT2D eigenvalue weighted by molar-refractivity contribution is -0.123. The lowest BCUT2D eigenvalue weighted by atomic mass is 10.0. The molecule has 5 aromatic rings. The Labute approximate surface area is 251 Å². The number of aromatic nitrogens is 2. The van der Waals surface area contributed by atoms with E-state index >= 15 is 0 Å². The number of thiophene rings is 1. The van der Waals surface area contributed by atoms with Crippen molar-refractivity contribution in [2.45, 2.75) is 26.9 Å². The number of anilines is 1. The second-order valence-corrected chi connectivity index (χ2v) is 10.5. The van der Waals surface area contributed by atoms with Crippen LogP contribution in [-0.2, 0) is 14.3 Å². The molecule has 0 bridgehead atoms. The summed E-state index contributed by atoms with van der Waals surface area (Å²) in [6.07, 6.45) is -1.20. The van der Waals surface area contributed by atoms with E-state index in [0.29, 0.717) is 28.0 Å². The number of nitrogens with one attached hydrogen (secondary N) is 1. The number of rotatable bonds is 8. The van der Waals surface area contributed by atoms with Gasteiger partial charge >= 0.3 is 11.9 Å². The van der Waals surface area contributed by atoms with Gasteiger partial charge in [0, 0.05) is 11.1 Å². The Morgan fingerprint density at radius 1 is 0.907 bits per heavy atom. The minimum atomic E-state index is -1.20. The first-order valence-corrected chi connectivity index (χ1v) is 14.3. The van der Waals surface area contributed by atoms with Gasteiger partial charge in [0.15, 0.2) is 6.10 Å². The summed E-state index contributed by atoms with van der Waals surface area (Å²) in [6, 6.07) is 26.3. The molecule has 0 saturated heterocycles. The van der Waals surface area contributed by atoms with Gasteiger partial charge in [0.2, 0.25) is 0 Å². The van der Waals surface area contributed by atoms with E-state index in [0.717, 1.165) is 22.5 Å². The van der Waals surface area contributed by atoms with Crippen LogP contribution >= 0.6 is 11.3 Å². The summed E-state index contributed by atoms with van der Waals surface area (Å²) in [5.74, 6) is -1.96. The molecule has 0 aliphatic rings. The molecule has 2 heterocycles. The maximum absolute atomic E-state index is 13.1. The van der Waals surface area contributed by atoms with Crippen LogP contribution in [0.1, 0.15) is 45.0 Å². The van der Waals surface area contributed by atoms with Gasteiger partial charge in [0.05, 0.1) is 40.2 Å². The summed E-state index contributed by atoms with van der Waals surface area (Å²) in [7, 11) is 0. The van der Waals surface area contributed by atoms with E-state index in [-0.39, 0.29) is 27.6 Å². The van der Waals surface area contributed by atoms with Crippen molar-refractivity contribution < 1.29 is 23.9 Å². The number of benzene rings is 3. The molecular formula is C33H26N4O5S. The van der Waals surface area contributed by atoms with Gasteiger partial charge < -0.3 is 14.8 Å². The lowest BCUT2D eigenvalue weighted by Crippen LogP contribution is -2.30. The summed E-state index contributed by atoms with van der Waals surface area (Å²) >= 11 is 0.935. The third-order valence-electron chi connectivity index (χ3n) is 6.60. The van der Waals surface area contributed by atoms with Gasteiger partial charge in [0.1, 0.15) is 15.9 Å². The topological polar surface area (TPSA) is 131 Å². The van der Waals surface area contributed by atoms with Crippen LogP contribution in [0.25, 0.3) is 33.5 Å². The van der Waals surface area contributed by atoms with Crippen molar-refractivity contribution in [1.82, 2.24) is 9.97 Å². The molecular weight excluding hydrogens is 564 g/mol. The van der Waals surface area contributed by atoms with E-state index in [4.69, 9.17) is 19.4 Å². The zero-order chi connectivity index (χ0) is 30.5. The highest BCUT2D eigenvalue weighted by molar-refractivity contribution is 7.18. The summed E-state index contributed by atoms with van der Waals surface area (Å²) in [4.78, 5) is 48.2. The molecule has 10 heteroatoms. The Morgan fingerprint density at radius 2 is 1.51 bits per heavy atom. The van der Waals surface area contributed by atoms with Crippen LogP contribution in [-0.4, -0.2) is 40.5 Å². The minimum Gasteiger partial charge on any atom is -0.462 e. The Hall–Kier alpha value is -5.40. The van der Waals surface area contributed by atoms with E-state index < -0.39 is 23.9 Å². The van der Waals surface area contributed by atoms with Crippen LogP contribution < -0.4 is 5.32 Å². The molecule has 3 aromatic carbocycles. The monoisotopic (exact) mass is 590 g/mol. The molecule has 0 radical (unpaired) electrons. The van der Waals surface area contributed by atoms with Gasteiger partial charge in [-0.2, -0.15) is 5.26 Å². The number of hydrogen-bond donors (Lipinski definition) is 1. The zero-order valence-electron chi connectivity index (χ0n) is 23.6. The third kappa shape index (κ3) is 6.12. The van der Waals surface area contributed by atoms with Crippen molar-refractivity contribution in [2.24, 2.45) is 0 Å². The van der Waals surface area contributed by atoms with Gasteiger partial charge in [-0.15, -0.1) is 11.3 Å². The summed E-state index contributed by atoms with van der Waals surface area (Å²) in [5, 5.41) is 12.4. The quantitative estimate of drug-likeness (QED) is 0.201. The fourth-order valence-corrected chi connectivity index (χ4v) is 5.45. The number of amides is 1. The molecule has 0 aliphatic carbocycles. The molecule has 1 atom stereocenters. The lowest BCUT2D eigenvalue weighted by Gasteiger charge is -2.14. The average molecular weight is 591 g/mol. The molecule has 2 aromatic heterocycles. The Bertz CT molecular complexity index is 1880. The number of carbonyl (C=O) groups is 3. The van der Waals surface area contributed by atoms with Crippen molar-refractivity contribution in [3.63, 3.8) is 0 Å². The van der Waals surface area contributed by atoms with Crippen molar-refractivity contribution in [2.75, 3.05) is 11.9 Å². The van der Waals surface area contributed by atoms with Crippen LogP contribution in [0.15, 0.2) is 78.9 Å².